The predicted molar refractivity (Wildman–Crippen MR) is 66.9 cm³/mol. The Kier molecular flexibility index (Phi) is 4.59. The molecule has 0 aliphatic heterocycles. The lowest BCUT2D eigenvalue weighted by Crippen LogP contribution is -2.31. The number of allylic oxidation sites excluding steroid dienone is 1. The van der Waals surface area contributed by atoms with E-state index in [9.17, 15) is 29.9 Å². The van der Waals surface area contributed by atoms with Gasteiger partial charge in [-0.1, -0.05) is 0 Å². The largest absolute Gasteiger partial charge is 0.545 e. The van der Waals surface area contributed by atoms with Gasteiger partial charge in [0.2, 0.25) is 0 Å². The average molecular weight is 293 g/mol. The minimum atomic E-state index is -1.88. The Bertz CT molecular complexity index is 651. The third kappa shape index (κ3) is 3.53. The molecule has 9 nitrogen and oxygen atoms in total. The minimum Gasteiger partial charge on any atom is -0.545 e. The fourth-order valence-corrected chi connectivity index (χ4v) is 1.41. The van der Waals surface area contributed by atoms with Gasteiger partial charge >= 0.3 is 0 Å². The number of hydrogen-bond donors (Lipinski definition) is 0. The molecule has 1 aromatic rings. The van der Waals surface area contributed by atoms with Crippen molar-refractivity contribution in [2.75, 3.05) is 14.1 Å². The van der Waals surface area contributed by atoms with E-state index in [1.807, 2.05) is 0 Å². The Morgan fingerprint density at radius 1 is 1.29 bits per heavy atom. The van der Waals surface area contributed by atoms with Crippen LogP contribution in [0.4, 0.5) is 5.69 Å². The SMILES string of the molecule is C/C(=C\c1nc(C(=O)[O-])c(C(=O)[O-])cc1[N+](=O)[O-])N(C)C. The fourth-order valence-electron chi connectivity index (χ4n) is 1.41. The molecule has 0 bridgehead atoms. The van der Waals surface area contributed by atoms with Crippen molar-refractivity contribution in [3.8, 4) is 0 Å². The fraction of sp³-hybridized carbons (Fsp3) is 0.250. The number of carbonyl (C=O) groups excluding carboxylic acids is 2. The van der Waals surface area contributed by atoms with Crippen LogP contribution in [0.2, 0.25) is 0 Å². The molecule has 0 radical (unpaired) electrons. The van der Waals surface area contributed by atoms with Crippen LogP contribution in [0.5, 0.6) is 0 Å². The molecule has 0 saturated carbocycles. The number of nitrogens with zero attached hydrogens (tertiary/aromatic N) is 3. The van der Waals surface area contributed by atoms with Gasteiger partial charge in [0, 0.05) is 31.4 Å². The Morgan fingerprint density at radius 3 is 2.24 bits per heavy atom. The van der Waals surface area contributed by atoms with E-state index in [2.05, 4.69) is 4.98 Å². The van der Waals surface area contributed by atoms with Crippen LogP contribution < -0.4 is 10.2 Å². The highest BCUT2D eigenvalue weighted by Gasteiger charge is 2.20. The summed E-state index contributed by atoms with van der Waals surface area (Å²) in [4.78, 5) is 37.0. The van der Waals surface area contributed by atoms with E-state index in [0.717, 1.165) is 0 Å². The minimum absolute atomic E-state index is 0.282. The van der Waals surface area contributed by atoms with Crippen LogP contribution in [0.1, 0.15) is 33.5 Å². The first-order valence-electron chi connectivity index (χ1n) is 5.63. The molecule has 0 aliphatic rings. The summed E-state index contributed by atoms with van der Waals surface area (Å²) >= 11 is 0. The molecule has 0 unspecified atom stereocenters. The van der Waals surface area contributed by atoms with Crippen LogP contribution in [0.3, 0.4) is 0 Å². The maximum absolute atomic E-state index is 11.0. The van der Waals surface area contributed by atoms with Crippen molar-refractivity contribution in [2.24, 2.45) is 0 Å². The van der Waals surface area contributed by atoms with Crippen molar-refractivity contribution < 1.29 is 24.7 Å². The normalized spacial score (nSPS) is 11.1. The van der Waals surface area contributed by atoms with Crippen LogP contribution >= 0.6 is 0 Å². The average Bonchev–Trinajstić information content (AvgIpc) is 2.37. The molecular weight excluding hydrogens is 282 g/mol. The van der Waals surface area contributed by atoms with E-state index in [4.69, 9.17) is 0 Å². The van der Waals surface area contributed by atoms with Crippen molar-refractivity contribution in [3.05, 3.63) is 38.8 Å². The molecule has 0 fully saturated rings. The van der Waals surface area contributed by atoms with Crippen molar-refractivity contribution in [3.63, 3.8) is 0 Å². The second-order valence-corrected chi connectivity index (χ2v) is 4.30. The number of pyridine rings is 1. The number of aromatic carboxylic acids is 2. The molecule has 0 N–H and O–H groups in total. The second kappa shape index (κ2) is 5.99. The first-order valence-corrected chi connectivity index (χ1v) is 5.63. The Hall–Kier alpha value is -2.97. The lowest BCUT2D eigenvalue weighted by Gasteiger charge is -2.14. The van der Waals surface area contributed by atoms with Gasteiger partial charge in [0.1, 0.15) is 5.69 Å². The number of carbonyl (C=O) groups is 2. The third-order valence-corrected chi connectivity index (χ3v) is 2.69. The van der Waals surface area contributed by atoms with Crippen LogP contribution in [-0.4, -0.2) is 40.8 Å². The van der Waals surface area contributed by atoms with Gasteiger partial charge in [-0.3, -0.25) is 10.1 Å². The zero-order chi connectivity index (χ0) is 16.3. The highest BCUT2D eigenvalue weighted by atomic mass is 16.6. The Balaban J connectivity index is 3.67. The molecule has 1 heterocycles. The summed E-state index contributed by atoms with van der Waals surface area (Å²) < 4.78 is 0. The van der Waals surface area contributed by atoms with Crippen molar-refractivity contribution >= 4 is 23.7 Å². The van der Waals surface area contributed by atoms with E-state index in [1.54, 1.807) is 25.9 Å². The maximum Gasteiger partial charge on any atom is 0.295 e. The van der Waals surface area contributed by atoms with Gasteiger partial charge in [-0.25, -0.2) is 4.98 Å². The molecule has 21 heavy (non-hydrogen) atoms. The molecule has 0 atom stereocenters. The van der Waals surface area contributed by atoms with Crippen LogP contribution in [0.15, 0.2) is 11.8 Å². The summed E-state index contributed by atoms with van der Waals surface area (Å²) in [5, 5.41) is 32.7. The van der Waals surface area contributed by atoms with E-state index in [0.29, 0.717) is 11.8 Å². The van der Waals surface area contributed by atoms with Crippen LogP contribution in [-0.2, 0) is 0 Å². The summed E-state index contributed by atoms with van der Waals surface area (Å²) in [5.74, 6) is -3.74. The molecule has 0 saturated heterocycles. The molecule has 9 heteroatoms. The summed E-state index contributed by atoms with van der Waals surface area (Å²) in [6.45, 7) is 1.62. The summed E-state index contributed by atoms with van der Waals surface area (Å²) in [6, 6.07) is 0.599. The van der Waals surface area contributed by atoms with Gasteiger partial charge in [-0.15, -0.1) is 0 Å². The maximum atomic E-state index is 11.0. The van der Waals surface area contributed by atoms with Gasteiger partial charge in [-0.2, -0.15) is 0 Å². The van der Waals surface area contributed by atoms with Crippen molar-refractivity contribution in [1.29, 1.82) is 0 Å². The topological polar surface area (TPSA) is 140 Å². The van der Waals surface area contributed by atoms with Gasteiger partial charge in [0.05, 0.1) is 22.6 Å². The molecule has 0 spiro atoms. The van der Waals surface area contributed by atoms with E-state index in [1.165, 1.54) is 6.08 Å². The molecule has 0 aliphatic carbocycles. The number of carboxylic acids is 2. The van der Waals surface area contributed by atoms with Gasteiger partial charge in [0.15, 0.2) is 0 Å². The highest BCUT2D eigenvalue weighted by Crippen LogP contribution is 2.23. The zero-order valence-electron chi connectivity index (χ0n) is 11.4. The third-order valence-electron chi connectivity index (χ3n) is 2.69. The monoisotopic (exact) mass is 293 g/mol. The number of nitro groups is 1. The predicted octanol–water partition coefficient (Wildman–Crippen LogP) is -1.36. The zero-order valence-corrected chi connectivity index (χ0v) is 11.4. The lowest BCUT2D eigenvalue weighted by atomic mass is 10.1. The number of rotatable bonds is 5. The quantitative estimate of drug-likeness (QED) is 0.479. The van der Waals surface area contributed by atoms with E-state index < -0.39 is 33.8 Å². The van der Waals surface area contributed by atoms with Crippen molar-refractivity contribution in [2.45, 2.75) is 6.92 Å². The van der Waals surface area contributed by atoms with Gasteiger partial charge in [0.25, 0.3) is 5.69 Å². The standard InChI is InChI=1S/C12H13N3O6/c1-6(14(2)3)4-8-9(15(20)21)5-7(11(16)17)10(13-8)12(18)19/h4-5H,1-3H3,(H,16,17)(H,18,19)/p-2/b6-4+. The molecule has 0 aromatic carbocycles. The Morgan fingerprint density at radius 2 is 1.86 bits per heavy atom. The van der Waals surface area contributed by atoms with Crippen LogP contribution in [0.25, 0.3) is 6.08 Å². The summed E-state index contributed by atoms with van der Waals surface area (Å²) in [5.41, 5.74) is -2.19. The summed E-state index contributed by atoms with van der Waals surface area (Å²) in [7, 11) is 3.35. The number of carboxylic acid groups (broad SMARTS) is 2. The van der Waals surface area contributed by atoms with E-state index in [-0.39, 0.29) is 5.69 Å². The molecule has 1 aromatic heterocycles. The summed E-state index contributed by atoms with van der Waals surface area (Å²) in [6.07, 6.45) is 1.27. The first kappa shape index (κ1) is 16.1. The molecular formula is C12H11N3O6-2. The highest BCUT2D eigenvalue weighted by molar-refractivity contribution is 5.99. The molecule has 0 amide bonds. The first-order chi connectivity index (χ1) is 9.65. The van der Waals surface area contributed by atoms with Crippen molar-refractivity contribution in [1.82, 2.24) is 9.88 Å². The number of hydrogen-bond acceptors (Lipinski definition) is 8. The smallest absolute Gasteiger partial charge is 0.295 e. The number of aromatic nitrogens is 1. The Labute approximate surface area is 119 Å². The molecule has 112 valence electrons. The van der Waals surface area contributed by atoms with Crippen LogP contribution in [0, 0.1) is 10.1 Å². The van der Waals surface area contributed by atoms with Gasteiger partial charge in [-0.05, 0) is 13.0 Å². The van der Waals surface area contributed by atoms with E-state index >= 15 is 0 Å². The van der Waals surface area contributed by atoms with Gasteiger partial charge < -0.3 is 24.7 Å². The lowest BCUT2D eigenvalue weighted by molar-refractivity contribution is -0.385. The molecule has 1 rings (SSSR count). The second-order valence-electron chi connectivity index (χ2n) is 4.30.